The Bertz CT molecular complexity index is 298. The van der Waals surface area contributed by atoms with E-state index in [1.807, 2.05) is 25.7 Å². The molecule has 4 heteroatoms. The van der Waals surface area contributed by atoms with Gasteiger partial charge in [-0.05, 0) is 46.0 Å². The zero-order chi connectivity index (χ0) is 12.0. The zero-order valence-corrected chi connectivity index (χ0v) is 10.5. The van der Waals surface area contributed by atoms with Crippen LogP contribution in [0.3, 0.4) is 0 Å². The summed E-state index contributed by atoms with van der Waals surface area (Å²) in [6, 6.07) is 0. The van der Waals surface area contributed by atoms with Gasteiger partial charge in [0.1, 0.15) is 5.60 Å². The third kappa shape index (κ3) is 1.90. The molecule has 0 aromatic rings. The molecule has 2 aliphatic rings. The topological polar surface area (TPSA) is 55.6 Å². The minimum atomic E-state index is -0.422. The molecule has 2 rings (SSSR count). The van der Waals surface area contributed by atoms with Gasteiger partial charge in [0.25, 0.3) is 0 Å². The molecule has 2 N–H and O–H groups in total. The highest BCUT2D eigenvalue weighted by atomic mass is 16.6. The molecule has 2 bridgehead atoms. The molecule has 16 heavy (non-hydrogen) atoms. The maximum absolute atomic E-state index is 12.1. The van der Waals surface area contributed by atoms with Crippen molar-refractivity contribution >= 4 is 6.09 Å². The van der Waals surface area contributed by atoms with Crippen LogP contribution in [0, 0.1) is 5.92 Å². The minimum Gasteiger partial charge on any atom is -0.444 e. The lowest BCUT2D eigenvalue weighted by atomic mass is 9.98. The first kappa shape index (κ1) is 11.7. The van der Waals surface area contributed by atoms with Crippen molar-refractivity contribution in [1.82, 2.24) is 4.90 Å². The number of carbonyl (C=O) groups excluding carboxylic acids is 1. The highest BCUT2D eigenvalue weighted by Gasteiger charge is 2.52. The lowest BCUT2D eigenvalue weighted by molar-refractivity contribution is 0.00456. The monoisotopic (exact) mass is 226 g/mol. The van der Waals surface area contributed by atoms with Gasteiger partial charge in [0, 0.05) is 13.1 Å². The number of rotatable bonds is 1. The van der Waals surface area contributed by atoms with Gasteiger partial charge < -0.3 is 15.4 Å². The maximum Gasteiger partial charge on any atom is 0.410 e. The Balaban J connectivity index is 2.08. The fraction of sp³-hybridized carbons (Fsp3) is 0.917. The maximum atomic E-state index is 12.1. The molecule has 92 valence electrons. The molecule has 1 amide bonds. The van der Waals surface area contributed by atoms with E-state index in [4.69, 9.17) is 10.5 Å². The number of hydrogen-bond donors (Lipinski definition) is 1. The number of nitrogens with two attached hydrogens (primary N) is 1. The summed E-state index contributed by atoms with van der Waals surface area (Å²) >= 11 is 0. The van der Waals surface area contributed by atoms with E-state index in [2.05, 4.69) is 0 Å². The number of piperidine rings is 1. The number of ether oxygens (including phenoxy) is 1. The SMILES string of the molecule is CC(C)(C)OC(=O)N1CC2CC[C@@]1(CN)C2. The first-order valence-electron chi connectivity index (χ1n) is 6.07. The third-order valence-corrected chi connectivity index (χ3v) is 3.69. The number of fused-ring (bicyclic) bond motifs is 2. The average Bonchev–Trinajstić information content (AvgIpc) is 2.72. The Hall–Kier alpha value is -0.770. The zero-order valence-electron chi connectivity index (χ0n) is 10.5. The average molecular weight is 226 g/mol. The Morgan fingerprint density at radius 3 is 2.75 bits per heavy atom. The predicted molar refractivity (Wildman–Crippen MR) is 62.1 cm³/mol. The van der Waals surface area contributed by atoms with E-state index < -0.39 is 5.60 Å². The highest BCUT2D eigenvalue weighted by molar-refractivity contribution is 5.70. The predicted octanol–water partition coefficient (Wildman–Crippen LogP) is 1.73. The molecule has 0 radical (unpaired) electrons. The van der Waals surface area contributed by atoms with Crippen LogP contribution in [-0.2, 0) is 4.74 Å². The van der Waals surface area contributed by atoms with Gasteiger partial charge in [0.2, 0.25) is 0 Å². The summed E-state index contributed by atoms with van der Waals surface area (Å²) < 4.78 is 5.43. The first-order chi connectivity index (χ1) is 7.36. The molecule has 1 aliphatic carbocycles. The van der Waals surface area contributed by atoms with Gasteiger partial charge in [-0.3, -0.25) is 0 Å². The number of nitrogens with zero attached hydrogens (tertiary/aromatic N) is 1. The molecular weight excluding hydrogens is 204 g/mol. The largest absolute Gasteiger partial charge is 0.444 e. The molecule has 1 heterocycles. The van der Waals surface area contributed by atoms with E-state index in [9.17, 15) is 4.79 Å². The smallest absolute Gasteiger partial charge is 0.410 e. The van der Waals surface area contributed by atoms with E-state index in [-0.39, 0.29) is 11.6 Å². The van der Waals surface area contributed by atoms with Crippen molar-refractivity contribution in [2.45, 2.75) is 51.2 Å². The Morgan fingerprint density at radius 1 is 1.56 bits per heavy atom. The molecule has 4 nitrogen and oxygen atoms in total. The van der Waals surface area contributed by atoms with E-state index in [1.165, 1.54) is 6.42 Å². The molecule has 0 aromatic heterocycles. The molecule has 1 aliphatic heterocycles. The van der Waals surface area contributed by atoms with Gasteiger partial charge in [0.05, 0.1) is 5.54 Å². The van der Waals surface area contributed by atoms with Crippen molar-refractivity contribution in [2.24, 2.45) is 11.7 Å². The molecular formula is C12H22N2O2. The fourth-order valence-electron chi connectivity index (χ4n) is 2.95. The summed E-state index contributed by atoms with van der Waals surface area (Å²) in [5, 5.41) is 0. The normalized spacial score (nSPS) is 33.2. The number of hydrogen-bond acceptors (Lipinski definition) is 3. The standard InChI is InChI=1S/C12H22N2O2/c1-11(2,3)16-10(15)14-7-9-4-5-12(14,6-9)8-13/h9H,4-8,13H2,1-3H3/t9?,12-/m0/s1. The van der Waals surface area contributed by atoms with Crippen LogP contribution < -0.4 is 5.73 Å². The molecule has 0 spiro atoms. The number of likely N-dealkylation sites (tertiary alicyclic amines) is 1. The quantitative estimate of drug-likeness (QED) is 0.741. The summed E-state index contributed by atoms with van der Waals surface area (Å²) in [4.78, 5) is 13.9. The van der Waals surface area contributed by atoms with Gasteiger partial charge in [-0.25, -0.2) is 4.79 Å². The molecule has 0 aromatic carbocycles. The van der Waals surface area contributed by atoms with Crippen LogP contribution in [0.25, 0.3) is 0 Å². The number of amides is 1. The summed E-state index contributed by atoms with van der Waals surface area (Å²) in [5.41, 5.74) is 5.32. The number of carbonyl (C=O) groups is 1. The van der Waals surface area contributed by atoms with Crippen molar-refractivity contribution in [3.8, 4) is 0 Å². The second-order valence-corrected chi connectivity index (χ2v) is 6.13. The Labute approximate surface area is 97.1 Å². The lowest BCUT2D eigenvalue weighted by Crippen LogP contribution is -2.53. The van der Waals surface area contributed by atoms with Crippen molar-refractivity contribution < 1.29 is 9.53 Å². The van der Waals surface area contributed by atoms with Crippen molar-refractivity contribution in [2.75, 3.05) is 13.1 Å². The summed E-state index contributed by atoms with van der Waals surface area (Å²) in [5.74, 6) is 0.635. The van der Waals surface area contributed by atoms with Crippen LogP contribution in [0.1, 0.15) is 40.0 Å². The van der Waals surface area contributed by atoms with E-state index in [1.54, 1.807) is 0 Å². The van der Waals surface area contributed by atoms with Gasteiger partial charge in [-0.2, -0.15) is 0 Å². The van der Waals surface area contributed by atoms with E-state index in [0.29, 0.717) is 12.5 Å². The van der Waals surface area contributed by atoms with Crippen LogP contribution in [0.5, 0.6) is 0 Å². The summed E-state index contributed by atoms with van der Waals surface area (Å²) in [6.45, 7) is 7.08. The minimum absolute atomic E-state index is 0.104. The van der Waals surface area contributed by atoms with Crippen molar-refractivity contribution in [3.05, 3.63) is 0 Å². The molecule has 1 saturated carbocycles. The van der Waals surface area contributed by atoms with Crippen LogP contribution in [0.2, 0.25) is 0 Å². The third-order valence-electron chi connectivity index (χ3n) is 3.69. The molecule has 2 atom stereocenters. The molecule has 1 saturated heterocycles. The van der Waals surface area contributed by atoms with Crippen LogP contribution >= 0.6 is 0 Å². The van der Waals surface area contributed by atoms with Crippen LogP contribution in [-0.4, -0.2) is 35.2 Å². The van der Waals surface area contributed by atoms with E-state index >= 15 is 0 Å². The van der Waals surface area contributed by atoms with Crippen molar-refractivity contribution in [3.63, 3.8) is 0 Å². The highest BCUT2D eigenvalue weighted by Crippen LogP contribution is 2.46. The lowest BCUT2D eigenvalue weighted by Gasteiger charge is -2.38. The fourth-order valence-corrected chi connectivity index (χ4v) is 2.95. The summed E-state index contributed by atoms with van der Waals surface area (Å²) in [7, 11) is 0. The van der Waals surface area contributed by atoms with E-state index in [0.717, 1.165) is 19.4 Å². The van der Waals surface area contributed by atoms with Gasteiger partial charge in [0.15, 0.2) is 0 Å². The second-order valence-electron chi connectivity index (χ2n) is 6.13. The van der Waals surface area contributed by atoms with Gasteiger partial charge >= 0.3 is 6.09 Å². The molecule has 1 unspecified atom stereocenters. The van der Waals surface area contributed by atoms with Gasteiger partial charge in [-0.1, -0.05) is 0 Å². The second kappa shape index (κ2) is 3.62. The van der Waals surface area contributed by atoms with Gasteiger partial charge in [-0.15, -0.1) is 0 Å². The molecule has 2 fully saturated rings. The Morgan fingerprint density at radius 2 is 2.25 bits per heavy atom. The van der Waals surface area contributed by atoms with Crippen molar-refractivity contribution in [1.29, 1.82) is 0 Å². The summed E-state index contributed by atoms with van der Waals surface area (Å²) in [6.07, 6.45) is 3.10. The Kier molecular flexibility index (Phi) is 2.65. The van der Waals surface area contributed by atoms with Crippen LogP contribution in [0.15, 0.2) is 0 Å². The first-order valence-corrected chi connectivity index (χ1v) is 6.07. The van der Waals surface area contributed by atoms with Crippen LogP contribution in [0.4, 0.5) is 4.79 Å².